The normalized spacial score (nSPS) is 13.1. The number of hydrogen-bond acceptors (Lipinski definition) is 6. The van der Waals surface area contributed by atoms with Crippen LogP contribution in [0.5, 0.6) is 11.5 Å². The highest BCUT2D eigenvalue weighted by Crippen LogP contribution is 2.30. The Morgan fingerprint density at radius 3 is 2.19 bits per heavy atom. The molecule has 8 nitrogen and oxygen atoms in total. The standard InChI is InChI=1S/C17H16N2O6S/c1-11(20)12-2-5-14(6-3-12)26(22,23)19-18-17(21)13-4-7-15-16(10-13)25-9-8-24-15/h2-7,10,19H,8-9H2,1H3,(H,18,21). The van der Waals surface area contributed by atoms with Crippen LogP contribution >= 0.6 is 0 Å². The highest BCUT2D eigenvalue weighted by molar-refractivity contribution is 7.89. The zero-order valence-electron chi connectivity index (χ0n) is 13.8. The average Bonchev–Trinajstić information content (AvgIpc) is 2.66. The summed E-state index contributed by atoms with van der Waals surface area (Å²) in [4.78, 5) is 25.4. The number of sulfonamides is 1. The van der Waals surface area contributed by atoms with Crippen molar-refractivity contribution in [3.05, 3.63) is 53.6 Å². The molecule has 2 N–H and O–H groups in total. The lowest BCUT2D eigenvalue weighted by molar-refractivity contribution is 0.0943. The summed E-state index contributed by atoms with van der Waals surface area (Å²) in [6.07, 6.45) is 0. The molecule has 0 aromatic heterocycles. The fourth-order valence-corrected chi connectivity index (χ4v) is 3.14. The van der Waals surface area contributed by atoms with E-state index in [9.17, 15) is 18.0 Å². The van der Waals surface area contributed by atoms with Gasteiger partial charge in [-0.05, 0) is 37.3 Å². The average molecular weight is 376 g/mol. The minimum absolute atomic E-state index is 0.0787. The molecule has 0 radical (unpaired) electrons. The van der Waals surface area contributed by atoms with E-state index in [0.29, 0.717) is 30.3 Å². The van der Waals surface area contributed by atoms with Gasteiger partial charge in [-0.3, -0.25) is 15.0 Å². The lowest BCUT2D eigenvalue weighted by Gasteiger charge is -2.18. The van der Waals surface area contributed by atoms with E-state index < -0.39 is 15.9 Å². The van der Waals surface area contributed by atoms with Crippen molar-refractivity contribution < 1.29 is 27.5 Å². The minimum atomic E-state index is -3.97. The topological polar surface area (TPSA) is 111 Å². The summed E-state index contributed by atoms with van der Waals surface area (Å²) in [6, 6.07) is 9.93. The Morgan fingerprint density at radius 1 is 0.923 bits per heavy atom. The van der Waals surface area contributed by atoms with Crippen molar-refractivity contribution in [2.24, 2.45) is 0 Å². The van der Waals surface area contributed by atoms with Crippen LogP contribution in [0.15, 0.2) is 47.4 Å². The summed E-state index contributed by atoms with van der Waals surface area (Å²) in [7, 11) is -3.97. The number of rotatable bonds is 5. The number of fused-ring (bicyclic) bond motifs is 1. The molecule has 26 heavy (non-hydrogen) atoms. The largest absolute Gasteiger partial charge is 0.486 e. The molecular formula is C17H16N2O6S. The maximum absolute atomic E-state index is 12.2. The number of Topliss-reactive ketones (excluding diaryl/α,β-unsaturated/α-hetero) is 1. The third kappa shape index (κ3) is 3.84. The van der Waals surface area contributed by atoms with Crippen LogP contribution in [0.1, 0.15) is 27.6 Å². The number of ketones is 1. The molecule has 0 atom stereocenters. The Balaban J connectivity index is 1.69. The predicted octanol–water partition coefficient (Wildman–Crippen LogP) is 1.28. The number of hydrogen-bond donors (Lipinski definition) is 2. The van der Waals surface area contributed by atoms with Gasteiger partial charge >= 0.3 is 0 Å². The first-order valence-corrected chi connectivity index (χ1v) is 9.18. The van der Waals surface area contributed by atoms with Crippen LogP contribution < -0.4 is 19.7 Å². The van der Waals surface area contributed by atoms with Crippen LogP contribution in [0, 0.1) is 0 Å². The van der Waals surface area contributed by atoms with E-state index >= 15 is 0 Å². The molecule has 0 spiro atoms. The highest BCUT2D eigenvalue weighted by Gasteiger charge is 2.18. The van der Waals surface area contributed by atoms with E-state index in [4.69, 9.17) is 9.47 Å². The van der Waals surface area contributed by atoms with Crippen molar-refractivity contribution in [1.29, 1.82) is 0 Å². The second-order valence-corrected chi connectivity index (χ2v) is 7.18. The second-order valence-electron chi connectivity index (χ2n) is 5.50. The smallest absolute Gasteiger partial charge is 0.266 e. The van der Waals surface area contributed by atoms with Crippen LogP contribution in [0.4, 0.5) is 0 Å². The molecule has 0 bridgehead atoms. The van der Waals surface area contributed by atoms with Gasteiger partial charge in [-0.1, -0.05) is 12.1 Å². The molecule has 1 aliphatic rings. The van der Waals surface area contributed by atoms with Gasteiger partial charge in [-0.2, -0.15) is 0 Å². The summed E-state index contributed by atoms with van der Waals surface area (Å²) in [5.74, 6) is 0.130. The zero-order chi connectivity index (χ0) is 18.7. The minimum Gasteiger partial charge on any atom is -0.486 e. The third-order valence-corrected chi connectivity index (χ3v) is 4.94. The summed E-state index contributed by atoms with van der Waals surface area (Å²) in [6.45, 7) is 2.19. The fourth-order valence-electron chi connectivity index (χ4n) is 2.30. The molecule has 1 amide bonds. The molecule has 3 rings (SSSR count). The van der Waals surface area contributed by atoms with E-state index in [2.05, 4.69) is 5.43 Å². The molecule has 2 aromatic carbocycles. The molecule has 0 fully saturated rings. The Bertz CT molecular complexity index is 954. The number of nitrogens with one attached hydrogen (secondary N) is 2. The SMILES string of the molecule is CC(=O)c1ccc(S(=O)(=O)NNC(=O)c2ccc3c(c2)OCCO3)cc1. The van der Waals surface area contributed by atoms with Crippen LogP contribution in [-0.2, 0) is 10.0 Å². The number of carbonyl (C=O) groups is 2. The number of amides is 1. The first kappa shape index (κ1) is 17.9. The van der Waals surface area contributed by atoms with Crippen LogP contribution in [0.25, 0.3) is 0 Å². The van der Waals surface area contributed by atoms with E-state index in [1.165, 1.54) is 43.3 Å². The molecule has 0 unspecified atom stereocenters. The van der Waals surface area contributed by atoms with Crippen LogP contribution in [0.3, 0.4) is 0 Å². The summed E-state index contributed by atoms with van der Waals surface area (Å²) < 4.78 is 35.2. The number of ether oxygens (including phenoxy) is 2. The number of benzene rings is 2. The van der Waals surface area contributed by atoms with Crippen molar-refractivity contribution in [2.75, 3.05) is 13.2 Å². The fraction of sp³-hybridized carbons (Fsp3) is 0.176. The van der Waals surface area contributed by atoms with Gasteiger partial charge in [0.2, 0.25) is 0 Å². The molecule has 1 heterocycles. The summed E-state index contributed by atoms with van der Waals surface area (Å²) in [5.41, 5.74) is 2.75. The van der Waals surface area contributed by atoms with Crippen LogP contribution in [0.2, 0.25) is 0 Å². The Kier molecular flexibility index (Phi) is 4.92. The van der Waals surface area contributed by atoms with Crippen molar-refractivity contribution in [3.63, 3.8) is 0 Å². The van der Waals surface area contributed by atoms with Crippen molar-refractivity contribution in [3.8, 4) is 11.5 Å². The maximum atomic E-state index is 12.2. The van der Waals surface area contributed by atoms with Crippen molar-refractivity contribution >= 4 is 21.7 Å². The van der Waals surface area contributed by atoms with Gasteiger partial charge in [0.1, 0.15) is 13.2 Å². The number of hydrazine groups is 1. The Morgan fingerprint density at radius 2 is 1.54 bits per heavy atom. The van der Waals surface area contributed by atoms with Gasteiger partial charge in [0.15, 0.2) is 17.3 Å². The Hall–Kier alpha value is -2.91. The molecule has 0 aliphatic carbocycles. The molecule has 2 aromatic rings. The second kappa shape index (κ2) is 7.14. The summed E-state index contributed by atoms with van der Waals surface area (Å²) in [5, 5.41) is 0. The number of carbonyl (C=O) groups excluding carboxylic acids is 2. The van der Waals surface area contributed by atoms with Crippen molar-refractivity contribution in [1.82, 2.24) is 10.3 Å². The maximum Gasteiger partial charge on any atom is 0.266 e. The van der Waals surface area contributed by atoms with Crippen LogP contribution in [-0.4, -0.2) is 33.3 Å². The van der Waals surface area contributed by atoms with E-state index in [1.807, 2.05) is 4.83 Å². The van der Waals surface area contributed by atoms with E-state index in [0.717, 1.165) is 0 Å². The molecule has 0 saturated carbocycles. The van der Waals surface area contributed by atoms with Gasteiger partial charge < -0.3 is 9.47 Å². The van der Waals surface area contributed by atoms with E-state index in [1.54, 1.807) is 6.07 Å². The van der Waals surface area contributed by atoms with Gasteiger partial charge in [0, 0.05) is 11.1 Å². The highest BCUT2D eigenvalue weighted by atomic mass is 32.2. The molecule has 136 valence electrons. The van der Waals surface area contributed by atoms with Gasteiger partial charge in [0.25, 0.3) is 15.9 Å². The van der Waals surface area contributed by atoms with Gasteiger partial charge in [0.05, 0.1) is 4.90 Å². The first-order valence-electron chi connectivity index (χ1n) is 7.69. The first-order chi connectivity index (χ1) is 12.4. The molecular weight excluding hydrogens is 360 g/mol. The molecule has 1 aliphatic heterocycles. The van der Waals surface area contributed by atoms with Crippen molar-refractivity contribution in [2.45, 2.75) is 11.8 Å². The van der Waals surface area contributed by atoms with Gasteiger partial charge in [-0.15, -0.1) is 4.83 Å². The summed E-state index contributed by atoms with van der Waals surface area (Å²) >= 11 is 0. The lowest BCUT2D eigenvalue weighted by atomic mass is 10.2. The molecule has 0 saturated heterocycles. The van der Waals surface area contributed by atoms with E-state index in [-0.39, 0.29) is 16.2 Å². The Labute approximate surface area is 150 Å². The quantitative estimate of drug-likeness (QED) is 0.601. The predicted molar refractivity (Wildman–Crippen MR) is 91.7 cm³/mol. The van der Waals surface area contributed by atoms with Gasteiger partial charge in [-0.25, -0.2) is 8.42 Å². The monoisotopic (exact) mass is 376 g/mol. The lowest BCUT2D eigenvalue weighted by Crippen LogP contribution is -2.41. The third-order valence-electron chi connectivity index (χ3n) is 3.67. The zero-order valence-corrected chi connectivity index (χ0v) is 14.6. The molecule has 9 heteroatoms.